The Hall–Kier alpha value is -3.41. The largest absolute Gasteiger partial charge is 0.462 e. The van der Waals surface area contributed by atoms with Gasteiger partial charge in [-0.3, -0.25) is 14.4 Å². The van der Waals surface area contributed by atoms with E-state index in [9.17, 15) is 14.4 Å². The van der Waals surface area contributed by atoms with Crippen LogP contribution < -0.4 is 0 Å². The predicted octanol–water partition coefficient (Wildman–Crippen LogP) is 20.7. The van der Waals surface area contributed by atoms with E-state index in [1.807, 2.05) is 0 Å². The Morgan fingerprint density at radius 3 is 0.986 bits per heavy atom. The van der Waals surface area contributed by atoms with Crippen LogP contribution in [-0.2, 0) is 28.6 Å². The molecule has 72 heavy (non-hydrogen) atoms. The molecule has 6 heteroatoms. The minimum atomic E-state index is -0.795. The van der Waals surface area contributed by atoms with Crippen molar-refractivity contribution in [3.8, 4) is 0 Å². The van der Waals surface area contributed by atoms with Crippen molar-refractivity contribution in [2.24, 2.45) is 0 Å². The van der Waals surface area contributed by atoms with Crippen LogP contribution in [0.2, 0.25) is 0 Å². The molecule has 0 radical (unpaired) electrons. The van der Waals surface area contributed by atoms with Gasteiger partial charge < -0.3 is 14.2 Å². The molecule has 0 bridgehead atoms. The van der Waals surface area contributed by atoms with Crippen molar-refractivity contribution < 1.29 is 28.6 Å². The minimum absolute atomic E-state index is 0.0897. The fraction of sp³-hybridized carbons (Fsp3) is 0.742. The Bertz CT molecular complexity index is 1380. The maximum absolute atomic E-state index is 12.9. The normalized spacial score (nSPS) is 12.7. The molecule has 0 aromatic heterocycles. The summed E-state index contributed by atoms with van der Waals surface area (Å²) in [5.74, 6) is -0.920. The zero-order chi connectivity index (χ0) is 52.2. The molecule has 0 amide bonds. The SMILES string of the molecule is CC/C=C\C/C=C\C/C=C\C/C=C\CCCCCC(=O)OCC(COC(=O)CCCCCCCCCCCC/C=C\C=C/CCCCC)OC(=O)CCCCCCCCC/C=C\CCCCCCCCCC. The molecule has 414 valence electrons. The van der Waals surface area contributed by atoms with Crippen LogP contribution >= 0.6 is 0 Å². The number of hydrogen-bond acceptors (Lipinski definition) is 6. The summed E-state index contributed by atoms with van der Waals surface area (Å²) in [5, 5.41) is 0. The zero-order valence-corrected chi connectivity index (χ0v) is 47.4. The number of unbranched alkanes of at least 4 members (excludes halogenated alkanes) is 31. The molecule has 1 unspecified atom stereocenters. The van der Waals surface area contributed by atoms with Gasteiger partial charge in [-0.1, -0.05) is 254 Å². The van der Waals surface area contributed by atoms with E-state index in [1.54, 1.807) is 0 Å². The smallest absolute Gasteiger partial charge is 0.306 e. The van der Waals surface area contributed by atoms with Gasteiger partial charge in [-0.15, -0.1) is 0 Å². The topological polar surface area (TPSA) is 78.9 Å². The summed E-state index contributed by atoms with van der Waals surface area (Å²) >= 11 is 0. The third kappa shape index (κ3) is 57.5. The van der Waals surface area contributed by atoms with Crippen molar-refractivity contribution in [3.63, 3.8) is 0 Å². The summed E-state index contributed by atoms with van der Waals surface area (Å²) in [6.45, 7) is 6.49. The lowest BCUT2D eigenvalue weighted by molar-refractivity contribution is -0.167. The lowest BCUT2D eigenvalue weighted by atomic mass is 10.1. The van der Waals surface area contributed by atoms with E-state index >= 15 is 0 Å². The Labute approximate surface area is 445 Å². The lowest BCUT2D eigenvalue weighted by Gasteiger charge is -2.18. The molecule has 0 saturated heterocycles. The van der Waals surface area contributed by atoms with Gasteiger partial charge >= 0.3 is 17.9 Å². The molecule has 0 fully saturated rings. The van der Waals surface area contributed by atoms with Crippen molar-refractivity contribution in [3.05, 3.63) is 85.1 Å². The number of carbonyl (C=O) groups excluding carboxylic acids is 3. The van der Waals surface area contributed by atoms with E-state index in [1.165, 1.54) is 167 Å². The second-order valence-corrected chi connectivity index (χ2v) is 20.3. The van der Waals surface area contributed by atoms with Crippen LogP contribution in [0.25, 0.3) is 0 Å². The van der Waals surface area contributed by atoms with Crippen LogP contribution in [0, 0.1) is 0 Å². The van der Waals surface area contributed by atoms with E-state index in [-0.39, 0.29) is 31.1 Å². The summed E-state index contributed by atoms with van der Waals surface area (Å²) in [4.78, 5) is 38.3. The van der Waals surface area contributed by atoms with Crippen molar-refractivity contribution in [1.29, 1.82) is 0 Å². The second-order valence-electron chi connectivity index (χ2n) is 20.3. The molecule has 0 heterocycles. The Balaban J connectivity index is 4.42. The summed E-state index contributed by atoms with van der Waals surface area (Å²) in [6, 6.07) is 0. The standard InChI is InChI=1S/C66H114O6/c1-4-7-10-13-16-19-22-25-28-31-33-35-38-41-44-47-50-53-56-59-65(68)71-62-63(61-70-64(67)58-55-52-49-46-43-40-37-30-27-24-21-18-15-12-9-6-3)72-66(69)60-57-54-51-48-45-42-39-36-34-32-29-26-23-20-17-14-11-8-5-2/h9,12,16,18-19,21-22,25,27,30,32,34,40,43,63H,4-8,10-11,13-15,17,20,23-24,26,28-29,31,33,35-39,41-42,44-62H2,1-3H3/b12-9-,19-16-,21-18-,25-22-,30-27-,34-32-,43-40-. The number of hydrogen-bond donors (Lipinski definition) is 0. The van der Waals surface area contributed by atoms with Crippen LogP contribution in [0.5, 0.6) is 0 Å². The van der Waals surface area contributed by atoms with Gasteiger partial charge in [-0.25, -0.2) is 0 Å². The molecule has 0 saturated carbocycles. The highest BCUT2D eigenvalue weighted by Crippen LogP contribution is 2.16. The molecular weight excluding hydrogens is 889 g/mol. The van der Waals surface area contributed by atoms with E-state index < -0.39 is 6.10 Å². The maximum atomic E-state index is 12.9. The van der Waals surface area contributed by atoms with E-state index in [2.05, 4.69) is 106 Å². The second kappa shape index (κ2) is 60.1. The van der Waals surface area contributed by atoms with Gasteiger partial charge in [0.05, 0.1) is 0 Å². The average Bonchev–Trinajstić information content (AvgIpc) is 3.38. The molecule has 6 nitrogen and oxygen atoms in total. The van der Waals surface area contributed by atoms with Crippen LogP contribution in [0.1, 0.15) is 297 Å². The molecule has 0 rings (SSSR count). The highest BCUT2D eigenvalue weighted by molar-refractivity contribution is 5.71. The number of carbonyl (C=O) groups is 3. The summed E-state index contributed by atoms with van der Waals surface area (Å²) in [7, 11) is 0. The summed E-state index contributed by atoms with van der Waals surface area (Å²) < 4.78 is 16.9. The molecule has 0 N–H and O–H groups in total. The van der Waals surface area contributed by atoms with Gasteiger partial charge in [0.2, 0.25) is 0 Å². The van der Waals surface area contributed by atoms with Crippen LogP contribution in [0.3, 0.4) is 0 Å². The zero-order valence-electron chi connectivity index (χ0n) is 47.4. The number of rotatable bonds is 55. The molecular formula is C66H114O6. The first-order chi connectivity index (χ1) is 35.5. The van der Waals surface area contributed by atoms with Crippen LogP contribution in [0.4, 0.5) is 0 Å². The van der Waals surface area contributed by atoms with Crippen molar-refractivity contribution in [2.75, 3.05) is 13.2 Å². The van der Waals surface area contributed by atoms with Crippen LogP contribution in [-0.4, -0.2) is 37.2 Å². The average molecular weight is 1000 g/mol. The highest BCUT2D eigenvalue weighted by atomic mass is 16.6. The third-order valence-corrected chi connectivity index (χ3v) is 13.1. The van der Waals surface area contributed by atoms with Gasteiger partial charge in [-0.2, -0.15) is 0 Å². The molecule has 0 aromatic carbocycles. The van der Waals surface area contributed by atoms with Gasteiger partial charge in [0.1, 0.15) is 13.2 Å². The molecule has 0 aliphatic carbocycles. The van der Waals surface area contributed by atoms with Gasteiger partial charge in [0.15, 0.2) is 6.10 Å². The molecule has 0 spiro atoms. The maximum Gasteiger partial charge on any atom is 0.306 e. The lowest BCUT2D eigenvalue weighted by Crippen LogP contribution is -2.30. The van der Waals surface area contributed by atoms with Gasteiger partial charge in [-0.05, 0) is 109 Å². The van der Waals surface area contributed by atoms with Gasteiger partial charge in [0.25, 0.3) is 0 Å². The first-order valence-electron chi connectivity index (χ1n) is 30.6. The van der Waals surface area contributed by atoms with Crippen molar-refractivity contribution >= 4 is 17.9 Å². The molecule has 0 aromatic rings. The summed E-state index contributed by atoms with van der Waals surface area (Å²) in [5.41, 5.74) is 0. The fourth-order valence-electron chi connectivity index (χ4n) is 8.54. The molecule has 1 atom stereocenters. The quantitative estimate of drug-likeness (QED) is 0.0199. The first-order valence-corrected chi connectivity index (χ1v) is 30.6. The monoisotopic (exact) mass is 1000 g/mol. The first kappa shape index (κ1) is 68.6. The van der Waals surface area contributed by atoms with E-state index in [0.717, 1.165) is 89.9 Å². The molecule has 0 aliphatic rings. The highest BCUT2D eigenvalue weighted by Gasteiger charge is 2.19. The number of ether oxygens (including phenoxy) is 3. The summed E-state index contributed by atoms with van der Waals surface area (Å²) in [6.07, 6.45) is 78.6. The Kier molecular flexibility index (Phi) is 57.3. The van der Waals surface area contributed by atoms with Crippen molar-refractivity contribution in [1.82, 2.24) is 0 Å². The predicted molar refractivity (Wildman–Crippen MR) is 311 cm³/mol. The van der Waals surface area contributed by atoms with E-state index in [4.69, 9.17) is 14.2 Å². The van der Waals surface area contributed by atoms with E-state index in [0.29, 0.717) is 19.3 Å². The molecule has 0 aliphatic heterocycles. The van der Waals surface area contributed by atoms with Crippen LogP contribution in [0.15, 0.2) is 85.1 Å². The van der Waals surface area contributed by atoms with Gasteiger partial charge in [0, 0.05) is 19.3 Å². The fourth-order valence-corrected chi connectivity index (χ4v) is 8.54. The van der Waals surface area contributed by atoms with Crippen molar-refractivity contribution in [2.45, 2.75) is 303 Å². The number of allylic oxidation sites excluding steroid dienone is 14. The number of esters is 3. The Morgan fingerprint density at radius 2 is 0.583 bits per heavy atom. The Morgan fingerprint density at radius 1 is 0.306 bits per heavy atom. The third-order valence-electron chi connectivity index (χ3n) is 13.1. The minimum Gasteiger partial charge on any atom is -0.462 e.